The van der Waals surface area contributed by atoms with E-state index in [1.807, 2.05) is 48.5 Å². The van der Waals surface area contributed by atoms with Gasteiger partial charge < -0.3 is 10.6 Å². The van der Waals surface area contributed by atoms with E-state index >= 15 is 0 Å². The highest BCUT2D eigenvalue weighted by molar-refractivity contribution is 6.30. The molecular weight excluding hydrogens is 308 g/mol. The lowest BCUT2D eigenvalue weighted by Gasteiger charge is -2.07. The third kappa shape index (κ3) is 6.05. The largest absolute Gasteiger partial charge is 0.352 e. The van der Waals surface area contributed by atoms with Crippen LogP contribution < -0.4 is 10.6 Å². The first-order valence-corrected chi connectivity index (χ1v) is 8.39. The van der Waals surface area contributed by atoms with E-state index in [-0.39, 0.29) is 5.91 Å². The molecule has 2 rings (SSSR count). The quantitative estimate of drug-likeness (QED) is 0.713. The molecule has 2 aromatic carbocycles. The third-order valence-corrected chi connectivity index (χ3v) is 3.86. The maximum atomic E-state index is 11.9. The van der Waals surface area contributed by atoms with Crippen LogP contribution in [0.15, 0.2) is 48.5 Å². The summed E-state index contributed by atoms with van der Waals surface area (Å²) < 4.78 is 0. The molecule has 0 saturated heterocycles. The van der Waals surface area contributed by atoms with Gasteiger partial charge in [0.05, 0.1) is 0 Å². The molecule has 0 fully saturated rings. The molecule has 23 heavy (non-hydrogen) atoms. The average Bonchev–Trinajstić information content (AvgIpc) is 2.57. The lowest BCUT2D eigenvalue weighted by Crippen LogP contribution is -2.24. The number of rotatable bonds is 8. The van der Waals surface area contributed by atoms with E-state index in [1.54, 1.807) is 0 Å². The van der Waals surface area contributed by atoms with Gasteiger partial charge in [0.15, 0.2) is 0 Å². The van der Waals surface area contributed by atoms with Crippen molar-refractivity contribution >= 4 is 17.5 Å². The first-order chi connectivity index (χ1) is 11.2. The predicted octanol–water partition coefficient (Wildman–Crippen LogP) is 4.16. The van der Waals surface area contributed by atoms with Gasteiger partial charge in [-0.2, -0.15) is 0 Å². The fraction of sp³-hybridized carbons (Fsp3) is 0.316. The number of halogens is 1. The number of carbonyl (C=O) groups excluding carboxylic acids is 1. The van der Waals surface area contributed by atoms with Crippen LogP contribution in [0.5, 0.6) is 0 Å². The Morgan fingerprint density at radius 3 is 2.09 bits per heavy atom. The van der Waals surface area contributed by atoms with E-state index in [1.165, 1.54) is 5.56 Å². The number of unbranched alkanes of at least 4 members (excludes halogenated alkanes) is 1. The standard InChI is InChI=1S/C19H23ClN2O/c1-2-3-12-22-19(23)17-8-4-15(5-9-17)13-21-14-16-6-10-18(20)11-7-16/h4-11,21H,2-3,12-14H2,1H3,(H,22,23). The molecule has 0 saturated carbocycles. The molecule has 0 radical (unpaired) electrons. The summed E-state index contributed by atoms with van der Waals surface area (Å²) in [5, 5.41) is 7.06. The van der Waals surface area contributed by atoms with Gasteiger partial charge in [-0.15, -0.1) is 0 Å². The Hall–Kier alpha value is -1.84. The molecule has 0 spiro atoms. The van der Waals surface area contributed by atoms with Crippen LogP contribution in [0.1, 0.15) is 41.3 Å². The summed E-state index contributed by atoms with van der Waals surface area (Å²) in [7, 11) is 0. The van der Waals surface area contributed by atoms with E-state index in [0.717, 1.165) is 43.1 Å². The second-order valence-corrected chi connectivity index (χ2v) is 5.97. The lowest BCUT2D eigenvalue weighted by atomic mass is 10.1. The van der Waals surface area contributed by atoms with Crippen molar-refractivity contribution in [2.24, 2.45) is 0 Å². The molecule has 0 aliphatic carbocycles. The van der Waals surface area contributed by atoms with E-state index in [4.69, 9.17) is 11.6 Å². The fourth-order valence-electron chi connectivity index (χ4n) is 2.21. The van der Waals surface area contributed by atoms with Crippen molar-refractivity contribution in [1.29, 1.82) is 0 Å². The molecular formula is C19H23ClN2O. The van der Waals surface area contributed by atoms with Crippen molar-refractivity contribution in [1.82, 2.24) is 10.6 Å². The molecule has 0 heterocycles. The molecule has 0 aliphatic rings. The number of hydrogen-bond donors (Lipinski definition) is 2. The second-order valence-electron chi connectivity index (χ2n) is 5.54. The molecule has 1 amide bonds. The fourth-order valence-corrected chi connectivity index (χ4v) is 2.33. The first-order valence-electron chi connectivity index (χ1n) is 8.01. The average molecular weight is 331 g/mol. The molecule has 0 bridgehead atoms. The Balaban J connectivity index is 1.78. The molecule has 4 heteroatoms. The second kappa shape index (κ2) is 9.33. The van der Waals surface area contributed by atoms with Crippen molar-refractivity contribution in [2.75, 3.05) is 6.54 Å². The number of nitrogens with one attached hydrogen (secondary N) is 2. The van der Waals surface area contributed by atoms with Crippen LogP contribution in [0.25, 0.3) is 0 Å². The maximum Gasteiger partial charge on any atom is 0.251 e. The summed E-state index contributed by atoms with van der Waals surface area (Å²) in [6, 6.07) is 15.5. The minimum Gasteiger partial charge on any atom is -0.352 e. The van der Waals surface area contributed by atoms with Gasteiger partial charge in [-0.1, -0.05) is 49.2 Å². The molecule has 2 aromatic rings. The Labute approximate surface area is 143 Å². The van der Waals surface area contributed by atoms with Crippen molar-refractivity contribution in [3.8, 4) is 0 Å². The van der Waals surface area contributed by atoms with Gasteiger partial charge in [-0.05, 0) is 41.8 Å². The zero-order valence-electron chi connectivity index (χ0n) is 13.4. The van der Waals surface area contributed by atoms with Crippen molar-refractivity contribution in [3.05, 3.63) is 70.2 Å². The lowest BCUT2D eigenvalue weighted by molar-refractivity contribution is 0.0953. The van der Waals surface area contributed by atoms with Crippen molar-refractivity contribution < 1.29 is 4.79 Å². The van der Waals surface area contributed by atoms with Crippen LogP contribution in [0.4, 0.5) is 0 Å². The molecule has 2 N–H and O–H groups in total. The molecule has 0 unspecified atom stereocenters. The van der Waals surface area contributed by atoms with Crippen molar-refractivity contribution in [3.63, 3.8) is 0 Å². The summed E-state index contributed by atoms with van der Waals surface area (Å²) in [5.74, 6) is -0.000812. The molecule has 0 aliphatic heterocycles. The van der Waals surface area contributed by atoms with Gasteiger partial charge in [0.1, 0.15) is 0 Å². The zero-order chi connectivity index (χ0) is 16.5. The summed E-state index contributed by atoms with van der Waals surface area (Å²) in [4.78, 5) is 11.9. The van der Waals surface area contributed by atoms with E-state index < -0.39 is 0 Å². The van der Waals surface area contributed by atoms with Gasteiger partial charge in [-0.25, -0.2) is 0 Å². The Kier molecular flexibility index (Phi) is 7.11. The van der Waals surface area contributed by atoms with Gasteiger partial charge >= 0.3 is 0 Å². The van der Waals surface area contributed by atoms with Gasteiger partial charge in [-0.3, -0.25) is 4.79 Å². The highest BCUT2D eigenvalue weighted by Gasteiger charge is 2.04. The predicted molar refractivity (Wildman–Crippen MR) is 95.7 cm³/mol. The van der Waals surface area contributed by atoms with Gasteiger partial charge in [0, 0.05) is 30.2 Å². The van der Waals surface area contributed by atoms with E-state index in [0.29, 0.717) is 5.56 Å². The maximum absolute atomic E-state index is 11.9. The topological polar surface area (TPSA) is 41.1 Å². The highest BCUT2D eigenvalue weighted by atomic mass is 35.5. The first kappa shape index (κ1) is 17.5. The summed E-state index contributed by atoms with van der Waals surface area (Å²) >= 11 is 5.87. The minimum absolute atomic E-state index is 0.000812. The number of amides is 1. The van der Waals surface area contributed by atoms with Crippen molar-refractivity contribution in [2.45, 2.75) is 32.9 Å². The van der Waals surface area contributed by atoms with Crippen LogP contribution in [-0.4, -0.2) is 12.5 Å². The van der Waals surface area contributed by atoms with E-state index in [2.05, 4.69) is 17.6 Å². The Bertz CT molecular complexity index is 608. The molecule has 122 valence electrons. The minimum atomic E-state index is -0.000812. The monoisotopic (exact) mass is 330 g/mol. The third-order valence-electron chi connectivity index (χ3n) is 3.60. The number of hydrogen-bond acceptors (Lipinski definition) is 2. The number of benzene rings is 2. The summed E-state index contributed by atoms with van der Waals surface area (Å²) in [6.45, 7) is 4.40. The number of carbonyl (C=O) groups is 1. The molecule has 0 aromatic heterocycles. The smallest absolute Gasteiger partial charge is 0.251 e. The molecule has 0 atom stereocenters. The Morgan fingerprint density at radius 1 is 0.957 bits per heavy atom. The van der Waals surface area contributed by atoms with Crippen LogP contribution in [0, 0.1) is 0 Å². The van der Waals surface area contributed by atoms with E-state index in [9.17, 15) is 4.79 Å². The van der Waals surface area contributed by atoms with Crippen LogP contribution in [0.2, 0.25) is 5.02 Å². The summed E-state index contributed by atoms with van der Waals surface area (Å²) in [5.41, 5.74) is 3.06. The van der Waals surface area contributed by atoms with Crippen LogP contribution >= 0.6 is 11.6 Å². The van der Waals surface area contributed by atoms with Crippen LogP contribution in [0.3, 0.4) is 0 Å². The summed E-state index contributed by atoms with van der Waals surface area (Å²) in [6.07, 6.45) is 2.09. The van der Waals surface area contributed by atoms with Crippen LogP contribution in [-0.2, 0) is 13.1 Å². The molecule has 3 nitrogen and oxygen atoms in total. The van der Waals surface area contributed by atoms with Gasteiger partial charge in [0.25, 0.3) is 5.91 Å². The highest BCUT2D eigenvalue weighted by Crippen LogP contribution is 2.10. The van der Waals surface area contributed by atoms with Gasteiger partial charge in [0.2, 0.25) is 0 Å². The zero-order valence-corrected chi connectivity index (χ0v) is 14.2. The SMILES string of the molecule is CCCCNC(=O)c1ccc(CNCc2ccc(Cl)cc2)cc1. The normalized spacial score (nSPS) is 10.5. The Morgan fingerprint density at radius 2 is 1.52 bits per heavy atom.